The average molecular weight is 369 g/mol. The summed E-state index contributed by atoms with van der Waals surface area (Å²) < 4.78 is 7.94. The van der Waals surface area contributed by atoms with E-state index in [1.54, 1.807) is 11.9 Å². The van der Waals surface area contributed by atoms with Gasteiger partial charge < -0.3 is 9.84 Å². The second-order valence-electron chi connectivity index (χ2n) is 6.58. The highest BCUT2D eigenvalue weighted by molar-refractivity contribution is 7.98. The third kappa shape index (κ3) is 4.22. The molecule has 26 heavy (non-hydrogen) atoms. The summed E-state index contributed by atoms with van der Waals surface area (Å²) in [7, 11) is 0. The van der Waals surface area contributed by atoms with E-state index in [9.17, 15) is 4.79 Å². The third-order valence-corrected chi connectivity index (χ3v) is 5.25. The fraction of sp³-hybridized carbons (Fsp3) is 0.286. The van der Waals surface area contributed by atoms with E-state index in [-0.39, 0.29) is 12.5 Å². The largest absolute Gasteiger partial charge is 0.491 e. The number of aliphatic carboxylic acids is 1. The van der Waals surface area contributed by atoms with Gasteiger partial charge in [-0.05, 0) is 74.5 Å². The predicted octanol–water partition coefficient (Wildman–Crippen LogP) is 5.31. The quantitative estimate of drug-likeness (QED) is 0.613. The number of carbonyl (C=O) groups is 1. The topological polar surface area (TPSA) is 51.5 Å². The second kappa shape index (κ2) is 7.87. The molecule has 3 rings (SSSR count). The van der Waals surface area contributed by atoms with Crippen molar-refractivity contribution in [2.24, 2.45) is 0 Å². The molecule has 0 radical (unpaired) electrons. The summed E-state index contributed by atoms with van der Waals surface area (Å²) in [6.45, 7) is 6.08. The molecule has 2 aromatic carbocycles. The monoisotopic (exact) mass is 369 g/mol. The van der Waals surface area contributed by atoms with Gasteiger partial charge in [0.25, 0.3) is 0 Å². The summed E-state index contributed by atoms with van der Waals surface area (Å²) in [6, 6.07) is 14.3. The van der Waals surface area contributed by atoms with Crippen LogP contribution in [0.3, 0.4) is 0 Å². The number of rotatable bonds is 7. The molecule has 0 fully saturated rings. The fourth-order valence-corrected chi connectivity index (χ4v) is 3.87. The molecule has 5 heteroatoms. The van der Waals surface area contributed by atoms with Crippen LogP contribution in [0.15, 0.2) is 53.6 Å². The lowest BCUT2D eigenvalue weighted by atomic mass is 10.1. The highest BCUT2D eigenvalue weighted by Gasteiger charge is 2.13. The third-order valence-electron chi connectivity index (χ3n) is 4.09. The van der Waals surface area contributed by atoms with Gasteiger partial charge in [0, 0.05) is 22.9 Å². The van der Waals surface area contributed by atoms with E-state index in [1.165, 1.54) is 10.5 Å². The van der Waals surface area contributed by atoms with Gasteiger partial charge in [-0.2, -0.15) is 0 Å². The molecule has 136 valence electrons. The van der Waals surface area contributed by atoms with Crippen molar-refractivity contribution >= 4 is 28.8 Å². The van der Waals surface area contributed by atoms with Gasteiger partial charge in [0.15, 0.2) is 0 Å². The Balaban J connectivity index is 2.02. The summed E-state index contributed by atoms with van der Waals surface area (Å²) >= 11 is 1.65. The molecule has 0 spiro atoms. The van der Waals surface area contributed by atoms with E-state index in [4.69, 9.17) is 9.84 Å². The molecule has 0 aliphatic heterocycles. The minimum absolute atomic E-state index is 0.0957. The van der Waals surface area contributed by atoms with Gasteiger partial charge in [-0.3, -0.25) is 8.77 Å². The number of carboxylic acid groups (broad SMARTS) is 1. The van der Waals surface area contributed by atoms with Crippen LogP contribution in [-0.2, 0) is 11.2 Å². The molecule has 1 aromatic heterocycles. The van der Waals surface area contributed by atoms with Gasteiger partial charge in [0.05, 0.1) is 11.6 Å². The van der Waals surface area contributed by atoms with Crippen molar-refractivity contribution < 1.29 is 14.6 Å². The Bertz CT molecular complexity index is 930. The van der Waals surface area contributed by atoms with Crippen LogP contribution < -0.4 is 4.74 Å². The average Bonchev–Trinajstić information content (AvgIpc) is 2.91. The second-order valence-corrected chi connectivity index (χ2v) is 7.59. The van der Waals surface area contributed by atoms with Crippen molar-refractivity contribution in [3.63, 3.8) is 0 Å². The molecule has 0 aliphatic carbocycles. The van der Waals surface area contributed by atoms with Crippen molar-refractivity contribution in [1.82, 2.24) is 3.97 Å². The van der Waals surface area contributed by atoms with Crippen molar-refractivity contribution in [1.29, 1.82) is 0 Å². The van der Waals surface area contributed by atoms with Crippen molar-refractivity contribution in [3.8, 4) is 5.75 Å². The molecular formula is C21H23NO3S. The summed E-state index contributed by atoms with van der Waals surface area (Å²) in [6.07, 6.45) is 2.75. The van der Waals surface area contributed by atoms with Gasteiger partial charge in [0.2, 0.25) is 0 Å². The molecule has 4 nitrogen and oxygen atoms in total. The minimum Gasteiger partial charge on any atom is -0.491 e. The Labute approximate surface area is 157 Å². The van der Waals surface area contributed by atoms with Gasteiger partial charge in [-0.15, -0.1) is 0 Å². The standard InChI is InChI=1S/C21H23NO3S/c1-14(2)25-17-9-10-19-18(12-17)16(8-11-21(23)24)13-22(19)26-20-7-5-4-6-15(20)3/h4-7,9-10,12-14H,8,11H2,1-3H3,(H,23,24). The van der Waals surface area contributed by atoms with Gasteiger partial charge in [-0.1, -0.05) is 18.2 Å². The van der Waals surface area contributed by atoms with Gasteiger partial charge in [0.1, 0.15) is 5.75 Å². The molecular weight excluding hydrogens is 346 g/mol. The normalized spacial score (nSPS) is 11.2. The predicted molar refractivity (Wildman–Crippen MR) is 106 cm³/mol. The Hall–Kier alpha value is -2.40. The first kappa shape index (κ1) is 18.4. The number of nitrogens with zero attached hydrogens (tertiary/aromatic N) is 1. The van der Waals surface area contributed by atoms with Crippen LogP contribution in [0.5, 0.6) is 5.75 Å². The Kier molecular flexibility index (Phi) is 5.57. The Morgan fingerprint density at radius 1 is 1.23 bits per heavy atom. The first-order chi connectivity index (χ1) is 12.4. The minimum atomic E-state index is -0.785. The molecule has 1 N–H and O–H groups in total. The smallest absolute Gasteiger partial charge is 0.303 e. The highest BCUT2D eigenvalue weighted by Crippen LogP contribution is 2.33. The van der Waals surface area contributed by atoms with Gasteiger partial charge in [-0.25, -0.2) is 0 Å². The molecule has 0 bridgehead atoms. The van der Waals surface area contributed by atoms with Crippen LogP contribution in [0.2, 0.25) is 0 Å². The number of fused-ring (bicyclic) bond motifs is 1. The summed E-state index contributed by atoms with van der Waals surface area (Å²) in [5.74, 6) is 0.0229. The zero-order chi connectivity index (χ0) is 18.7. The molecule has 0 amide bonds. The first-order valence-electron chi connectivity index (χ1n) is 8.70. The lowest BCUT2D eigenvalue weighted by molar-refractivity contribution is -0.136. The van der Waals surface area contributed by atoms with E-state index in [0.717, 1.165) is 22.2 Å². The number of carboxylic acids is 1. The molecule has 3 aromatic rings. The van der Waals surface area contributed by atoms with Crippen molar-refractivity contribution in [2.75, 3.05) is 0 Å². The lowest BCUT2D eigenvalue weighted by Gasteiger charge is -2.11. The maximum absolute atomic E-state index is 11.0. The number of ether oxygens (including phenoxy) is 1. The number of benzene rings is 2. The Morgan fingerprint density at radius 3 is 2.69 bits per heavy atom. The van der Waals surface area contributed by atoms with E-state index >= 15 is 0 Å². The van der Waals surface area contributed by atoms with E-state index in [2.05, 4.69) is 23.0 Å². The van der Waals surface area contributed by atoms with Crippen LogP contribution in [0.4, 0.5) is 0 Å². The molecule has 0 saturated heterocycles. The molecule has 0 atom stereocenters. The molecule has 0 aliphatic rings. The summed E-state index contributed by atoms with van der Waals surface area (Å²) in [4.78, 5) is 12.2. The van der Waals surface area contributed by atoms with Crippen LogP contribution in [0.25, 0.3) is 10.9 Å². The van der Waals surface area contributed by atoms with Crippen LogP contribution in [0, 0.1) is 6.92 Å². The van der Waals surface area contributed by atoms with Crippen LogP contribution in [0.1, 0.15) is 31.4 Å². The maximum atomic E-state index is 11.0. The fourth-order valence-electron chi connectivity index (χ4n) is 2.87. The van der Waals surface area contributed by atoms with Crippen molar-refractivity contribution in [3.05, 3.63) is 59.8 Å². The Morgan fingerprint density at radius 2 is 2.00 bits per heavy atom. The number of aromatic nitrogens is 1. The molecule has 0 unspecified atom stereocenters. The highest BCUT2D eigenvalue weighted by atomic mass is 32.2. The van der Waals surface area contributed by atoms with E-state index < -0.39 is 5.97 Å². The number of hydrogen-bond donors (Lipinski definition) is 1. The number of aryl methyl sites for hydroxylation is 2. The lowest BCUT2D eigenvalue weighted by Crippen LogP contribution is -2.05. The van der Waals surface area contributed by atoms with Crippen LogP contribution >= 0.6 is 11.9 Å². The van der Waals surface area contributed by atoms with E-state index in [1.807, 2.05) is 50.4 Å². The number of hydrogen-bond acceptors (Lipinski definition) is 3. The molecule has 1 heterocycles. The SMILES string of the molecule is Cc1ccccc1Sn1cc(CCC(=O)O)c2cc(OC(C)C)ccc21. The van der Waals surface area contributed by atoms with E-state index in [0.29, 0.717) is 6.42 Å². The molecule has 0 saturated carbocycles. The summed E-state index contributed by atoms with van der Waals surface area (Å²) in [5.41, 5.74) is 3.30. The first-order valence-corrected chi connectivity index (χ1v) is 9.48. The maximum Gasteiger partial charge on any atom is 0.303 e. The van der Waals surface area contributed by atoms with Gasteiger partial charge >= 0.3 is 5.97 Å². The van der Waals surface area contributed by atoms with Crippen LogP contribution in [-0.4, -0.2) is 21.2 Å². The van der Waals surface area contributed by atoms with Crippen molar-refractivity contribution in [2.45, 2.75) is 44.6 Å². The zero-order valence-electron chi connectivity index (χ0n) is 15.2. The zero-order valence-corrected chi connectivity index (χ0v) is 16.0. The summed E-state index contributed by atoms with van der Waals surface area (Å²) in [5, 5.41) is 10.1.